The zero-order valence-electron chi connectivity index (χ0n) is 9.70. The molecule has 2 nitrogen and oxygen atoms in total. The Morgan fingerprint density at radius 2 is 1.86 bits per heavy atom. The smallest absolute Gasteiger partial charge is 0.0807 e. The normalized spacial score (nSPS) is 14.1. The molecule has 1 unspecified atom stereocenters. The molecule has 2 heteroatoms. The molecule has 0 amide bonds. The standard InChI is InChI=1S/C12H24O2/c1-4-11(5-2)8-7-9-12(13)10-14-6-3/h7-8,11-13H,4-6,9-10H2,1-3H3. The molecule has 0 aromatic rings. The lowest BCUT2D eigenvalue weighted by molar-refractivity contribution is 0.0443. The molecule has 0 aromatic heterocycles. The van der Waals surface area contributed by atoms with Gasteiger partial charge in [-0.15, -0.1) is 0 Å². The monoisotopic (exact) mass is 200 g/mol. The van der Waals surface area contributed by atoms with Crippen molar-refractivity contribution in [2.75, 3.05) is 13.2 Å². The highest BCUT2D eigenvalue weighted by atomic mass is 16.5. The van der Waals surface area contributed by atoms with Crippen molar-refractivity contribution >= 4 is 0 Å². The van der Waals surface area contributed by atoms with Crippen LogP contribution in [0.25, 0.3) is 0 Å². The van der Waals surface area contributed by atoms with Gasteiger partial charge in [0.15, 0.2) is 0 Å². The number of rotatable bonds is 8. The summed E-state index contributed by atoms with van der Waals surface area (Å²) >= 11 is 0. The van der Waals surface area contributed by atoms with E-state index in [4.69, 9.17) is 4.74 Å². The van der Waals surface area contributed by atoms with Gasteiger partial charge in [-0.3, -0.25) is 0 Å². The van der Waals surface area contributed by atoms with Crippen molar-refractivity contribution in [3.8, 4) is 0 Å². The lowest BCUT2D eigenvalue weighted by Gasteiger charge is -2.08. The van der Waals surface area contributed by atoms with Crippen LogP contribution in [0.2, 0.25) is 0 Å². The third-order valence-corrected chi connectivity index (χ3v) is 2.38. The van der Waals surface area contributed by atoms with Gasteiger partial charge >= 0.3 is 0 Å². The van der Waals surface area contributed by atoms with Gasteiger partial charge in [-0.1, -0.05) is 26.0 Å². The molecule has 0 heterocycles. The minimum Gasteiger partial charge on any atom is -0.390 e. The molecule has 0 aliphatic carbocycles. The second kappa shape index (κ2) is 9.22. The van der Waals surface area contributed by atoms with Crippen molar-refractivity contribution in [2.45, 2.75) is 46.1 Å². The van der Waals surface area contributed by atoms with Crippen LogP contribution in [0.4, 0.5) is 0 Å². The van der Waals surface area contributed by atoms with E-state index in [1.54, 1.807) is 0 Å². The lowest BCUT2D eigenvalue weighted by Crippen LogP contribution is -2.14. The average molecular weight is 200 g/mol. The van der Waals surface area contributed by atoms with Gasteiger partial charge in [0.25, 0.3) is 0 Å². The van der Waals surface area contributed by atoms with E-state index in [1.165, 1.54) is 12.8 Å². The van der Waals surface area contributed by atoms with E-state index in [0.717, 1.165) is 0 Å². The fraction of sp³-hybridized carbons (Fsp3) is 0.833. The van der Waals surface area contributed by atoms with Crippen molar-refractivity contribution in [2.24, 2.45) is 5.92 Å². The number of hydrogen-bond donors (Lipinski definition) is 1. The molecule has 0 aliphatic heterocycles. The highest BCUT2D eigenvalue weighted by Gasteiger charge is 2.01. The third-order valence-electron chi connectivity index (χ3n) is 2.38. The molecular weight excluding hydrogens is 176 g/mol. The third kappa shape index (κ3) is 7.10. The number of aliphatic hydroxyl groups excluding tert-OH is 1. The summed E-state index contributed by atoms with van der Waals surface area (Å²) in [6, 6.07) is 0. The molecule has 14 heavy (non-hydrogen) atoms. The van der Waals surface area contributed by atoms with Gasteiger partial charge in [0.2, 0.25) is 0 Å². The van der Waals surface area contributed by atoms with Crippen LogP contribution in [0.1, 0.15) is 40.0 Å². The first-order valence-corrected chi connectivity index (χ1v) is 5.66. The molecule has 84 valence electrons. The van der Waals surface area contributed by atoms with Gasteiger partial charge in [-0.2, -0.15) is 0 Å². The Balaban J connectivity index is 3.57. The van der Waals surface area contributed by atoms with Crippen molar-refractivity contribution in [1.29, 1.82) is 0 Å². The SMILES string of the molecule is CCOCC(O)CC=CC(CC)CC. The molecule has 0 saturated carbocycles. The largest absolute Gasteiger partial charge is 0.390 e. The van der Waals surface area contributed by atoms with Crippen LogP contribution in [0.5, 0.6) is 0 Å². The number of hydrogen-bond acceptors (Lipinski definition) is 2. The Hall–Kier alpha value is -0.340. The second-order valence-corrected chi connectivity index (χ2v) is 3.55. The van der Waals surface area contributed by atoms with Crippen molar-refractivity contribution in [3.05, 3.63) is 12.2 Å². The molecule has 0 rings (SSSR count). The van der Waals surface area contributed by atoms with Crippen LogP contribution >= 0.6 is 0 Å². The molecule has 1 N–H and O–H groups in total. The molecule has 0 aliphatic rings. The minimum atomic E-state index is -0.347. The van der Waals surface area contributed by atoms with Crippen LogP contribution < -0.4 is 0 Å². The zero-order chi connectivity index (χ0) is 10.8. The van der Waals surface area contributed by atoms with Gasteiger partial charge in [0.1, 0.15) is 0 Å². The molecular formula is C12H24O2. The van der Waals surface area contributed by atoms with Gasteiger partial charge in [0, 0.05) is 6.61 Å². The molecule has 0 aromatic carbocycles. The predicted octanol–water partition coefficient (Wildman–Crippen LogP) is 2.77. The molecule has 0 spiro atoms. The lowest BCUT2D eigenvalue weighted by atomic mass is 10.0. The zero-order valence-corrected chi connectivity index (χ0v) is 9.70. The van der Waals surface area contributed by atoms with E-state index in [2.05, 4.69) is 26.0 Å². The summed E-state index contributed by atoms with van der Waals surface area (Å²) < 4.78 is 5.12. The molecule has 0 bridgehead atoms. The van der Waals surface area contributed by atoms with Crippen molar-refractivity contribution in [3.63, 3.8) is 0 Å². The first-order chi connectivity index (χ1) is 6.74. The summed E-state index contributed by atoms with van der Waals surface area (Å²) in [4.78, 5) is 0. The fourth-order valence-corrected chi connectivity index (χ4v) is 1.31. The van der Waals surface area contributed by atoms with Crippen LogP contribution in [0, 0.1) is 5.92 Å². The predicted molar refractivity (Wildman–Crippen MR) is 60.3 cm³/mol. The fourth-order valence-electron chi connectivity index (χ4n) is 1.31. The number of aliphatic hydroxyl groups is 1. The van der Waals surface area contributed by atoms with Gasteiger partial charge < -0.3 is 9.84 Å². The van der Waals surface area contributed by atoms with E-state index in [-0.39, 0.29) is 6.10 Å². The minimum absolute atomic E-state index is 0.347. The van der Waals surface area contributed by atoms with Crippen molar-refractivity contribution < 1.29 is 9.84 Å². The molecule has 0 saturated heterocycles. The molecule has 0 radical (unpaired) electrons. The Bertz CT molecular complexity index is 139. The van der Waals surface area contributed by atoms with Gasteiger partial charge in [-0.05, 0) is 32.1 Å². The maximum atomic E-state index is 9.46. The van der Waals surface area contributed by atoms with Crippen molar-refractivity contribution in [1.82, 2.24) is 0 Å². The topological polar surface area (TPSA) is 29.5 Å². The Morgan fingerprint density at radius 1 is 1.21 bits per heavy atom. The first kappa shape index (κ1) is 13.7. The van der Waals surface area contributed by atoms with Gasteiger partial charge in [0.05, 0.1) is 12.7 Å². The average Bonchev–Trinajstić information content (AvgIpc) is 2.21. The van der Waals surface area contributed by atoms with E-state index in [0.29, 0.717) is 25.6 Å². The maximum absolute atomic E-state index is 9.46. The summed E-state index contributed by atoms with van der Waals surface area (Å²) in [6.07, 6.45) is 6.98. The van der Waals surface area contributed by atoms with Crippen LogP contribution in [-0.4, -0.2) is 24.4 Å². The number of ether oxygens (including phenoxy) is 1. The molecule has 0 fully saturated rings. The van der Waals surface area contributed by atoms with E-state index < -0.39 is 0 Å². The highest BCUT2D eigenvalue weighted by Crippen LogP contribution is 2.09. The van der Waals surface area contributed by atoms with Crippen LogP contribution in [-0.2, 0) is 4.74 Å². The summed E-state index contributed by atoms with van der Waals surface area (Å²) in [5, 5.41) is 9.46. The highest BCUT2D eigenvalue weighted by molar-refractivity contribution is 4.88. The van der Waals surface area contributed by atoms with Gasteiger partial charge in [-0.25, -0.2) is 0 Å². The molecule has 1 atom stereocenters. The summed E-state index contributed by atoms with van der Waals surface area (Å²) in [5.74, 6) is 0.661. The summed E-state index contributed by atoms with van der Waals surface area (Å²) in [7, 11) is 0. The second-order valence-electron chi connectivity index (χ2n) is 3.55. The van der Waals surface area contributed by atoms with E-state index in [1.807, 2.05) is 6.92 Å². The van der Waals surface area contributed by atoms with Crippen LogP contribution in [0.3, 0.4) is 0 Å². The summed E-state index contributed by atoms with van der Waals surface area (Å²) in [5.41, 5.74) is 0. The Kier molecular flexibility index (Phi) is 9.00. The Labute approximate surface area is 88.0 Å². The van der Waals surface area contributed by atoms with E-state index in [9.17, 15) is 5.11 Å². The van der Waals surface area contributed by atoms with Crippen LogP contribution in [0.15, 0.2) is 12.2 Å². The summed E-state index contributed by atoms with van der Waals surface area (Å²) in [6.45, 7) is 7.44. The van der Waals surface area contributed by atoms with E-state index >= 15 is 0 Å². The maximum Gasteiger partial charge on any atom is 0.0807 e. The first-order valence-electron chi connectivity index (χ1n) is 5.66. The Morgan fingerprint density at radius 3 is 2.36 bits per heavy atom. The number of allylic oxidation sites excluding steroid dienone is 1. The quantitative estimate of drug-likeness (QED) is 0.610.